The molecule has 9 heteroatoms. The minimum atomic E-state index is -0.968. The summed E-state index contributed by atoms with van der Waals surface area (Å²) in [5.41, 5.74) is 4.85. The first-order valence-electron chi connectivity index (χ1n) is 7.27. The maximum Gasteiger partial charge on any atom is 0.280 e. The van der Waals surface area contributed by atoms with Crippen molar-refractivity contribution < 1.29 is 19.4 Å². The first-order chi connectivity index (χ1) is 11.9. The summed E-state index contributed by atoms with van der Waals surface area (Å²) in [5.74, 6) is -0.968. The van der Waals surface area contributed by atoms with Crippen LogP contribution in [0.3, 0.4) is 0 Å². The molecule has 2 aromatic carbocycles. The van der Waals surface area contributed by atoms with E-state index >= 15 is 0 Å². The summed E-state index contributed by atoms with van der Waals surface area (Å²) >= 11 is 0. The van der Waals surface area contributed by atoms with Crippen molar-refractivity contribution in [3.8, 4) is 0 Å². The van der Waals surface area contributed by atoms with Gasteiger partial charge < -0.3 is 10.5 Å². The van der Waals surface area contributed by atoms with Crippen LogP contribution in [0.2, 0.25) is 0 Å². The first kappa shape index (κ1) is 18.0. The van der Waals surface area contributed by atoms with Crippen LogP contribution in [0.5, 0.6) is 0 Å². The number of carbonyl (C=O) groups is 1. The van der Waals surface area contributed by atoms with Crippen molar-refractivity contribution in [3.05, 3.63) is 79.4 Å². The molecule has 0 aliphatic heterocycles. The van der Waals surface area contributed by atoms with E-state index in [-0.39, 0.29) is 24.2 Å². The highest BCUT2D eigenvalue weighted by molar-refractivity contribution is 5.96. The van der Waals surface area contributed by atoms with E-state index in [1.165, 1.54) is 0 Å². The zero-order chi connectivity index (χ0) is 18.4. The molecule has 2 aromatic rings. The van der Waals surface area contributed by atoms with Gasteiger partial charge in [-0.25, -0.2) is 0 Å². The van der Waals surface area contributed by atoms with Gasteiger partial charge in [0.1, 0.15) is 0 Å². The van der Waals surface area contributed by atoms with E-state index in [0.717, 1.165) is 17.7 Å². The summed E-state index contributed by atoms with van der Waals surface area (Å²) < 4.78 is 5.46. The van der Waals surface area contributed by atoms with Gasteiger partial charge in [-0.05, 0) is 5.56 Å². The van der Waals surface area contributed by atoms with Gasteiger partial charge in [0.05, 0.1) is 34.7 Å². The van der Waals surface area contributed by atoms with Gasteiger partial charge in [-0.3, -0.25) is 25.0 Å². The summed E-state index contributed by atoms with van der Waals surface area (Å²) in [7, 11) is 0. The molecule has 0 bridgehead atoms. The van der Waals surface area contributed by atoms with Crippen LogP contribution in [0.15, 0.2) is 42.5 Å². The highest BCUT2D eigenvalue weighted by atomic mass is 16.6. The Balaban J connectivity index is 2.21. The van der Waals surface area contributed by atoms with Crippen LogP contribution in [0.25, 0.3) is 0 Å². The Labute approximate surface area is 142 Å². The minimum absolute atomic E-state index is 0.0242. The number of ether oxygens (including phenoxy) is 1. The Morgan fingerprint density at radius 3 is 2.32 bits per heavy atom. The van der Waals surface area contributed by atoms with Gasteiger partial charge in [0.15, 0.2) is 0 Å². The second kappa shape index (κ2) is 7.97. The van der Waals surface area contributed by atoms with E-state index in [4.69, 9.17) is 10.5 Å². The Kier molecular flexibility index (Phi) is 5.75. The lowest BCUT2D eigenvalue weighted by atomic mass is 10.0. The molecule has 0 fully saturated rings. The number of nitrogens with two attached hydrogens (primary N) is 1. The molecule has 0 heterocycles. The summed E-state index contributed by atoms with van der Waals surface area (Å²) in [6.45, 7) is 0.390. The van der Waals surface area contributed by atoms with Crippen LogP contribution < -0.4 is 5.73 Å². The number of benzene rings is 2. The monoisotopic (exact) mass is 345 g/mol. The quantitative estimate of drug-likeness (QED) is 0.442. The van der Waals surface area contributed by atoms with Crippen molar-refractivity contribution in [3.63, 3.8) is 0 Å². The molecule has 0 aliphatic carbocycles. The predicted octanol–water partition coefficient (Wildman–Crippen LogP) is 2.36. The molecule has 9 nitrogen and oxygen atoms in total. The number of nitro benzene ring substituents is 2. The average molecular weight is 345 g/mol. The zero-order valence-corrected chi connectivity index (χ0v) is 13.1. The molecule has 1 amide bonds. The normalized spacial score (nSPS) is 10.4. The fourth-order valence-corrected chi connectivity index (χ4v) is 2.33. The standard InChI is InChI=1S/C16H15N3O6/c17-16(20)14-8-12(18(21)22)9-15(19(23)24)13(14)6-7-25-10-11-4-2-1-3-5-11/h1-5,8-9H,6-7,10H2,(H2,17,20). The topological polar surface area (TPSA) is 139 Å². The van der Waals surface area contributed by atoms with Crippen LogP contribution >= 0.6 is 0 Å². The van der Waals surface area contributed by atoms with Crippen molar-refractivity contribution in [1.82, 2.24) is 0 Å². The van der Waals surface area contributed by atoms with E-state index in [2.05, 4.69) is 0 Å². The molecule has 0 unspecified atom stereocenters. The van der Waals surface area contributed by atoms with Crippen LogP contribution in [0.4, 0.5) is 11.4 Å². The second-order valence-electron chi connectivity index (χ2n) is 5.16. The number of carbonyl (C=O) groups excluding carboxylic acids is 1. The molecular weight excluding hydrogens is 330 g/mol. The highest BCUT2D eigenvalue weighted by Crippen LogP contribution is 2.29. The summed E-state index contributed by atoms with van der Waals surface area (Å²) in [4.78, 5) is 32.1. The predicted molar refractivity (Wildman–Crippen MR) is 88.1 cm³/mol. The van der Waals surface area contributed by atoms with E-state index in [1.807, 2.05) is 30.3 Å². The molecular formula is C16H15N3O6. The van der Waals surface area contributed by atoms with E-state index in [1.54, 1.807) is 0 Å². The summed E-state index contributed by atoms with van der Waals surface area (Å²) in [6, 6.07) is 11.1. The highest BCUT2D eigenvalue weighted by Gasteiger charge is 2.26. The van der Waals surface area contributed by atoms with E-state index in [0.29, 0.717) is 6.61 Å². The second-order valence-corrected chi connectivity index (χ2v) is 5.16. The van der Waals surface area contributed by atoms with Crippen molar-refractivity contribution >= 4 is 17.3 Å². The average Bonchev–Trinajstić information content (AvgIpc) is 2.58. The third-order valence-corrected chi connectivity index (χ3v) is 3.49. The molecule has 0 radical (unpaired) electrons. The van der Waals surface area contributed by atoms with Crippen LogP contribution in [-0.2, 0) is 17.8 Å². The number of rotatable bonds is 8. The van der Waals surface area contributed by atoms with Crippen molar-refractivity contribution in [2.45, 2.75) is 13.0 Å². The molecule has 2 N–H and O–H groups in total. The molecule has 25 heavy (non-hydrogen) atoms. The van der Waals surface area contributed by atoms with Gasteiger partial charge in [0.2, 0.25) is 5.91 Å². The SMILES string of the molecule is NC(=O)c1cc([N+](=O)[O-])cc([N+](=O)[O-])c1CCOCc1ccccc1. The molecule has 0 aliphatic rings. The molecule has 0 atom stereocenters. The lowest BCUT2D eigenvalue weighted by Crippen LogP contribution is -2.16. The van der Waals surface area contributed by atoms with E-state index < -0.39 is 27.1 Å². The third-order valence-electron chi connectivity index (χ3n) is 3.49. The van der Waals surface area contributed by atoms with Gasteiger partial charge in [0, 0.05) is 18.1 Å². The van der Waals surface area contributed by atoms with Crippen LogP contribution in [-0.4, -0.2) is 22.4 Å². The zero-order valence-electron chi connectivity index (χ0n) is 13.1. The van der Waals surface area contributed by atoms with Gasteiger partial charge in [-0.15, -0.1) is 0 Å². The minimum Gasteiger partial charge on any atom is -0.376 e. The fourth-order valence-electron chi connectivity index (χ4n) is 2.33. The number of hydrogen-bond acceptors (Lipinski definition) is 6. The molecule has 0 aromatic heterocycles. The number of hydrogen-bond donors (Lipinski definition) is 1. The lowest BCUT2D eigenvalue weighted by Gasteiger charge is -2.09. The number of nitro groups is 2. The largest absolute Gasteiger partial charge is 0.376 e. The molecule has 130 valence electrons. The molecule has 0 spiro atoms. The van der Waals surface area contributed by atoms with Gasteiger partial charge in [0.25, 0.3) is 11.4 Å². The maximum atomic E-state index is 11.6. The van der Waals surface area contributed by atoms with Gasteiger partial charge >= 0.3 is 0 Å². The summed E-state index contributed by atoms with van der Waals surface area (Å²) in [6.07, 6.45) is 0.0272. The first-order valence-corrected chi connectivity index (χ1v) is 7.27. The van der Waals surface area contributed by atoms with Crippen LogP contribution in [0, 0.1) is 20.2 Å². The molecule has 2 rings (SSSR count). The Hall–Kier alpha value is -3.33. The van der Waals surface area contributed by atoms with E-state index in [9.17, 15) is 25.0 Å². The number of nitrogens with zero attached hydrogens (tertiary/aromatic N) is 2. The van der Waals surface area contributed by atoms with Gasteiger partial charge in [-0.1, -0.05) is 30.3 Å². The van der Waals surface area contributed by atoms with Crippen molar-refractivity contribution in [2.75, 3.05) is 6.61 Å². The Morgan fingerprint density at radius 2 is 1.76 bits per heavy atom. The fraction of sp³-hybridized carbons (Fsp3) is 0.188. The third kappa shape index (κ3) is 4.58. The molecule has 0 saturated heterocycles. The Bertz CT molecular complexity index is 772. The number of amides is 1. The number of primary amides is 1. The van der Waals surface area contributed by atoms with Crippen molar-refractivity contribution in [2.24, 2.45) is 5.73 Å². The Morgan fingerprint density at radius 1 is 1.08 bits per heavy atom. The van der Waals surface area contributed by atoms with Gasteiger partial charge in [-0.2, -0.15) is 0 Å². The maximum absolute atomic E-state index is 11.6. The summed E-state index contributed by atoms with van der Waals surface area (Å²) in [5, 5.41) is 22.1. The smallest absolute Gasteiger partial charge is 0.280 e. The van der Waals surface area contributed by atoms with Crippen molar-refractivity contribution in [1.29, 1.82) is 0 Å². The molecule has 0 saturated carbocycles. The van der Waals surface area contributed by atoms with Crippen LogP contribution in [0.1, 0.15) is 21.5 Å². The number of non-ortho nitro benzene ring substituents is 1. The lowest BCUT2D eigenvalue weighted by molar-refractivity contribution is -0.394.